The Morgan fingerprint density at radius 2 is 1.96 bits per heavy atom. The summed E-state index contributed by atoms with van der Waals surface area (Å²) in [5.74, 6) is 1.00. The summed E-state index contributed by atoms with van der Waals surface area (Å²) in [4.78, 5) is 6.95. The van der Waals surface area contributed by atoms with Crippen molar-refractivity contribution in [2.75, 3.05) is 12.3 Å². The first-order valence-electron chi connectivity index (χ1n) is 8.75. The number of hydrogen-bond donors (Lipinski definition) is 1. The monoisotopic (exact) mass is 403 g/mol. The second kappa shape index (κ2) is 9.40. The Hall–Kier alpha value is -1.56. The van der Waals surface area contributed by atoms with Gasteiger partial charge in [-0.3, -0.25) is 4.90 Å². The molecule has 1 aliphatic rings. The van der Waals surface area contributed by atoms with E-state index < -0.39 is 0 Å². The molecule has 1 N–H and O–H groups in total. The lowest BCUT2D eigenvalue weighted by Crippen LogP contribution is -2.45. The van der Waals surface area contributed by atoms with Crippen molar-refractivity contribution in [2.24, 2.45) is 4.99 Å². The third kappa shape index (κ3) is 5.00. The molecule has 0 aromatic heterocycles. The number of halogens is 1. The van der Waals surface area contributed by atoms with Gasteiger partial charge in [0.1, 0.15) is 0 Å². The molecular weight excluding hydrogens is 382 g/mol. The lowest BCUT2D eigenvalue weighted by atomic mass is 10.1. The van der Waals surface area contributed by atoms with Crippen molar-refractivity contribution in [3.8, 4) is 0 Å². The van der Waals surface area contributed by atoms with Gasteiger partial charge in [-0.05, 0) is 54.9 Å². The molecule has 0 radical (unpaired) electrons. The van der Waals surface area contributed by atoms with Crippen LogP contribution in [0.3, 0.4) is 0 Å². The SMILES string of the molecule is CCC1CSC(=Nc2ccc(Cl)cc2)N1C(=S)NCCc1ccccc1. The number of aliphatic imine (C=N–C) groups is 1. The van der Waals surface area contributed by atoms with Gasteiger partial charge in [-0.25, -0.2) is 4.99 Å². The van der Waals surface area contributed by atoms with Gasteiger partial charge >= 0.3 is 0 Å². The zero-order chi connectivity index (χ0) is 18.4. The van der Waals surface area contributed by atoms with E-state index in [2.05, 4.69) is 41.4 Å². The van der Waals surface area contributed by atoms with E-state index in [1.54, 1.807) is 11.8 Å². The molecule has 2 aromatic rings. The Balaban J connectivity index is 1.67. The summed E-state index contributed by atoms with van der Waals surface area (Å²) in [7, 11) is 0. The molecule has 26 heavy (non-hydrogen) atoms. The molecule has 1 aliphatic heterocycles. The number of thioether (sulfide) groups is 1. The second-order valence-electron chi connectivity index (χ2n) is 6.08. The molecule has 1 unspecified atom stereocenters. The minimum Gasteiger partial charge on any atom is -0.362 e. The van der Waals surface area contributed by atoms with Crippen LogP contribution in [0.2, 0.25) is 5.02 Å². The van der Waals surface area contributed by atoms with Crippen molar-refractivity contribution in [1.29, 1.82) is 0 Å². The van der Waals surface area contributed by atoms with E-state index in [9.17, 15) is 0 Å². The Bertz CT molecular complexity index is 762. The highest BCUT2D eigenvalue weighted by Gasteiger charge is 2.31. The van der Waals surface area contributed by atoms with E-state index >= 15 is 0 Å². The molecule has 1 heterocycles. The summed E-state index contributed by atoms with van der Waals surface area (Å²) < 4.78 is 0. The first-order chi connectivity index (χ1) is 12.7. The quantitative estimate of drug-likeness (QED) is 0.688. The average Bonchev–Trinajstić information content (AvgIpc) is 3.07. The van der Waals surface area contributed by atoms with Gasteiger partial charge in [-0.2, -0.15) is 0 Å². The van der Waals surface area contributed by atoms with Gasteiger partial charge in [0, 0.05) is 23.4 Å². The first kappa shape index (κ1) is 19.2. The van der Waals surface area contributed by atoms with Gasteiger partial charge in [0.15, 0.2) is 10.3 Å². The number of nitrogens with zero attached hydrogens (tertiary/aromatic N) is 2. The molecular formula is C20H22ClN3S2. The lowest BCUT2D eigenvalue weighted by Gasteiger charge is -2.26. The van der Waals surface area contributed by atoms with Crippen LogP contribution in [0.25, 0.3) is 0 Å². The number of nitrogens with one attached hydrogen (secondary N) is 1. The lowest BCUT2D eigenvalue weighted by molar-refractivity contribution is 0.470. The molecule has 0 amide bonds. The summed E-state index contributed by atoms with van der Waals surface area (Å²) in [5, 5.41) is 5.83. The van der Waals surface area contributed by atoms with Gasteiger partial charge in [0.05, 0.1) is 5.69 Å². The molecule has 3 rings (SSSR count). The maximum absolute atomic E-state index is 5.97. The van der Waals surface area contributed by atoms with Crippen LogP contribution >= 0.6 is 35.6 Å². The Morgan fingerprint density at radius 3 is 2.65 bits per heavy atom. The van der Waals surface area contributed by atoms with E-state index in [0.29, 0.717) is 6.04 Å². The van der Waals surface area contributed by atoms with Crippen LogP contribution in [0.15, 0.2) is 59.6 Å². The Kier molecular flexibility index (Phi) is 6.94. The molecule has 0 bridgehead atoms. The van der Waals surface area contributed by atoms with Crippen LogP contribution in [0.1, 0.15) is 18.9 Å². The average molecular weight is 404 g/mol. The van der Waals surface area contributed by atoms with Crippen LogP contribution < -0.4 is 5.32 Å². The predicted octanol–water partition coefficient (Wildman–Crippen LogP) is 5.27. The fraction of sp³-hybridized carbons (Fsp3) is 0.300. The number of hydrogen-bond acceptors (Lipinski definition) is 3. The highest BCUT2D eigenvalue weighted by molar-refractivity contribution is 8.14. The molecule has 3 nitrogen and oxygen atoms in total. The normalized spacial score (nSPS) is 18.3. The van der Waals surface area contributed by atoms with E-state index in [0.717, 1.165) is 46.1 Å². The highest BCUT2D eigenvalue weighted by atomic mass is 35.5. The summed E-state index contributed by atoms with van der Waals surface area (Å²) in [6, 6.07) is 18.4. The largest absolute Gasteiger partial charge is 0.362 e. The molecule has 0 aliphatic carbocycles. The number of rotatable bonds is 5. The highest BCUT2D eigenvalue weighted by Crippen LogP contribution is 2.29. The van der Waals surface area contributed by atoms with Gasteiger partial charge in [0.2, 0.25) is 0 Å². The van der Waals surface area contributed by atoms with Crippen LogP contribution in [0.5, 0.6) is 0 Å². The molecule has 0 spiro atoms. The van der Waals surface area contributed by atoms with Crippen LogP contribution in [0, 0.1) is 0 Å². The van der Waals surface area contributed by atoms with Crippen molar-refractivity contribution >= 4 is 51.5 Å². The van der Waals surface area contributed by atoms with Crippen LogP contribution in [0.4, 0.5) is 5.69 Å². The van der Waals surface area contributed by atoms with Gasteiger partial charge in [0.25, 0.3) is 0 Å². The van der Waals surface area contributed by atoms with Crippen molar-refractivity contribution < 1.29 is 0 Å². The minimum absolute atomic E-state index is 0.378. The predicted molar refractivity (Wildman–Crippen MR) is 118 cm³/mol. The summed E-state index contributed by atoms with van der Waals surface area (Å²) in [6.45, 7) is 3.00. The van der Waals surface area contributed by atoms with Crippen LogP contribution in [-0.4, -0.2) is 33.5 Å². The Labute approximate surface area is 169 Å². The summed E-state index contributed by atoms with van der Waals surface area (Å²) in [6.07, 6.45) is 1.98. The number of amidine groups is 1. The molecule has 0 saturated carbocycles. The summed E-state index contributed by atoms with van der Waals surface area (Å²) >= 11 is 13.4. The van der Waals surface area contributed by atoms with Gasteiger partial charge in [-0.15, -0.1) is 0 Å². The number of benzene rings is 2. The molecule has 1 saturated heterocycles. The van der Waals surface area contributed by atoms with Crippen LogP contribution in [-0.2, 0) is 6.42 Å². The topological polar surface area (TPSA) is 27.6 Å². The van der Waals surface area contributed by atoms with Crippen molar-refractivity contribution in [2.45, 2.75) is 25.8 Å². The smallest absolute Gasteiger partial charge is 0.175 e. The maximum Gasteiger partial charge on any atom is 0.175 e. The first-order valence-corrected chi connectivity index (χ1v) is 10.5. The molecule has 6 heteroatoms. The molecule has 1 atom stereocenters. The number of thiocarbonyl (C=S) groups is 1. The molecule has 1 fully saturated rings. The van der Waals surface area contributed by atoms with E-state index in [4.69, 9.17) is 28.8 Å². The summed E-state index contributed by atoms with van der Waals surface area (Å²) in [5.41, 5.74) is 2.20. The molecule has 136 valence electrons. The van der Waals surface area contributed by atoms with E-state index in [1.165, 1.54) is 5.56 Å². The Morgan fingerprint density at radius 1 is 1.23 bits per heavy atom. The van der Waals surface area contributed by atoms with Gasteiger partial charge in [-0.1, -0.05) is 60.6 Å². The van der Waals surface area contributed by atoms with Gasteiger partial charge < -0.3 is 5.32 Å². The second-order valence-corrected chi connectivity index (χ2v) is 7.89. The fourth-order valence-corrected chi connectivity index (χ4v) is 4.58. The zero-order valence-corrected chi connectivity index (χ0v) is 17.1. The minimum atomic E-state index is 0.378. The maximum atomic E-state index is 5.97. The van der Waals surface area contributed by atoms with Crippen molar-refractivity contribution in [1.82, 2.24) is 10.2 Å². The third-order valence-electron chi connectivity index (χ3n) is 4.25. The molecule has 2 aromatic carbocycles. The van der Waals surface area contributed by atoms with E-state index in [1.807, 2.05) is 30.3 Å². The third-order valence-corrected chi connectivity index (χ3v) is 5.94. The zero-order valence-electron chi connectivity index (χ0n) is 14.7. The standard InChI is InChI=1S/C20H22ClN3S2/c1-2-18-14-26-20(23-17-10-8-16(21)9-11-17)24(18)19(25)22-13-12-15-6-4-3-5-7-15/h3-11,18H,2,12-14H2,1H3,(H,22,25). The van der Waals surface area contributed by atoms with Crippen molar-refractivity contribution in [3.05, 3.63) is 65.2 Å². The fourth-order valence-electron chi connectivity index (χ4n) is 2.78. The van der Waals surface area contributed by atoms with Crippen molar-refractivity contribution in [3.63, 3.8) is 0 Å². The van der Waals surface area contributed by atoms with E-state index in [-0.39, 0.29) is 0 Å².